The number of hydrazine groups is 1. The molecule has 3 rings (SSSR count). The van der Waals surface area contributed by atoms with Crippen LogP contribution in [-0.2, 0) is 12.8 Å². The van der Waals surface area contributed by atoms with E-state index < -0.39 is 11.7 Å². The van der Waals surface area contributed by atoms with Crippen LogP contribution in [0.5, 0.6) is 5.88 Å². The van der Waals surface area contributed by atoms with Crippen LogP contribution in [0.2, 0.25) is 0 Å². The number of alkyl halides is 3. The van der Waals surface area contributed by atoms with Crippen molar-refractivity contribution in [1.29, 1.82) is 0 Å². The number of nitrogens with two attached hydrogens (primary N) is 1. The van der Waals surface area contributed by atoms with Gasteiger partial charge >= 0.3 is 6.18 Å². The van der Waals surface area contributed by atoms with E-state index in [4.69, 9.17) is 10.6 Å². The van der Waals surface area contributed by atoms with Gasteiger partial charge in [-0.1, -0.05) is 12.1 Å². The van der Waals surface area contributed by atoms with Crippen molar-refractivity contribution in [3.8, 4) is 11.7 Å². The number of anilines is 1. The van der Waals surface area contributed by atoms with Crippen LogP contribution in [0.3, 0.4) is 0 Å². The fraction of sp³-hybridized carbons (Fsp3) is 0.222. The summed E-state index contributed by atoms with van der Waals surface area (Å²) in [6.45, 7) is 2.21. The van der Waals surface area contributed by atoms with Crippen molar-refractivity contribution >= 4 is 5.69 Å². The molecular weight excluding hydrogens is 359 g/mol. The smallest absolute Gasteiger partial charge is 0.417 e. The first-order valence-corrected chi connectivity index (χ1v) is 8.04. The molecule has 2 heterocycles. The van der Waals surface area contributed by atoms with Crippen molar-refractivity contribution < 1.29 is 17.9 Å². The zero-order valence-electron chi connectivity index (χ0n) is 14.7. The number of hydrogen-bond donors (Lipinski definition) is 1. The highest BCUT2D eigenvalue weighted by molar-refractivity contribution is 5.55. The summed E-state index contributed by atoms with van der Waals surface area (Å²) in [5, 5.41) is 5.71. The number of pyridine rings is 1. The lowest BCUT2D eigenvalue weighted by Gasteiger charge is -2.18. The van der Waals surface area contributed by atoms with Crippen molar-refractivity contribution in [2.45, 2.75) is 19.7 Å². The van der Waals surface area contributed by atoms with Gasteiger partial charge in [-0.2, -0.15) is 13.2 Å². The minimum atomic E-state index is -4.43. The van der Waals surface area contributed by atoms with E-state index in [0.717, 1.165) is 29.1 Å². The van der Waals surface area contributed by atoms with Crippen LogP contribution in [0.25, 0.3) is 5.82 Å². The zero-order valence-corrected chi connectivity index (χ0v) is 14.7. The summed E-state index contributed by atoms with van der Waals surface area (Å²) in [4.78, 5) is 3.80. The highest BCUT2D eigenvalue weighted by Gasteiger charge is 2.30. The summed E-state index contributed by atoms with van der Waals surface area (Å²) in [5.41, 5.74) is 1.96. The maximum Gasteiger partial charge on any atom is 0.417 e. The Kier molecular flexibility index (Phi) is 5.04. The third-order valence-electron chi connectivity index (χ3n) is 4.00. The SMILES string of the molecule is Cc1cccc(N(C)N)c1COc1ccn(-c2ccc(C(F)(F)F)cn2)n1. The standard InChI is InChI=1S/C18H18F3N5O/c1-12-4-3-5-15(25(2)22)14(12)11-27-17-8-9-26(24-17)16-7-6-13(10-23-16)18(19,20)21/h3-10H,11,22H2,1-2H3. The lowest BCUT2D eigenvalue weighted by atomic mass is 10.1. The van der Waals surface area contributed by atoms with E-state index in [1.54, 1.807) is 19.3 Å². The van der Waals surface area contributed by atoms with Crippen LogP contribution in [-0.4, -0.2) is 21.8 Å². The summed E-state index contributed by atoms with van der Waals surface area (Å²) in [7, 11) is 1.74. The Balaban J connectivity index is 1.74. The van der Waals surface area contributed by atoms with Crippen LogP contribution in [0, 0.1) is 6.92 Å². The second-order valence-electron chi connectivity index (χ2n) is 5.97. The van der Waals surface area contributed by atoms with Crippen LogP contribution < -0.4 is 15.6 Å². The molecule has 0 aliphatic rings. The first-order valence-electron chi connectivity index (χ1n) is 8.04. The van der Waals surface area contributed by atoms with Gasteiger partial charge in [0.25, 0.3) is 0 Å². The Labute approximate surface area is 154 Å². The van der Waals surface area contributed by atoms with Gasteiger partial charge in [0.05, 0.1) is 11.3 Å². The third-order valence-corrected chi connectivity index (χ3v) is 4.00. The lowest BCUT2D eigenvalue weighted by molar-refractivity contribution is -0.137. The van der Waals surface area contributed by atoms with Gasteiger partial charge in [-0.15, -0.1) is 5.10 Å². The first-order chi connectivity index (χ1) is 12.8. The Hall–Kier alpha value is -3.07. The second-order valence-corrected chi connectivity index (χ2v) is 5.97. The molecule has 0 unspecified atom stereocenters. The van der Waals surface area contributed by atoms with Gasteiger partial charge in [-0.25, -0.2) is 15.5 Å². The van der Waals surface area contributed by atoms with E-state index in [1.807, 2.05) is 25.1 Å². The van der Waals surface area contributed by atoms with Crippen molar-refractivity contribution in [3.63, 3.8) is 0 Å². The predicted molar refractivity (Wildman–Crippen MR) is 94.5 cm³/mol. The number of rotatable bonds is 5. The largest absolute Gasteiger partial charge is 0.472 e. The number of halogens is 3. The molecule has 27 heavy (non-hydrogen) atoms. The fourth-order valence-corrected chi connectivity index (χ4v) is 2.55. The van der Waals surface area contributed by atoms with Crippen LogP contribution in [0.4, 0.5) is 18.9 Å². The first kappa shape index (κ1) is 18.7. The summed E-state index contributed by atoms with van der Waals surface area (Å²) in [6.07, 6.45) is -2.09. The molecule has 6 nitrogen and oxygen atoms in total. The van der Waals surface area contributed by atoms with Gasteiger partial charge in [0, 0.05) is 31.1 Å². The molecule has 1 aromatic carbocycles. The van der Waals surface area contributed by atoms with Crippen LogP contribution >= 0.6 is 0 Å². The normalized spacial score (nSPS) is 11.5. The average Bonchev–Trinajstić information content (AvgIpc) is 3.08. The summed E-state index contributed by atoms with van der Waals surface area (Å²) in [6, 6.07) is 9.57. The Morgan fingerprint density at radius 1 is 1.19 bits per heavy atom. The van der Waals surface area contributed by atoms with Crippen LogP contribution in [0.15, 0.2) is 48.8 Å². The fourth-order valence-electron chi connectivity index (χ4n) is 2.55. The third kappa shape index (κ3) is 4.20. The van der Waals surface area contributed by atoms with Gasteiger partial charge in [-0.3, -0.25) is 0 Å². The molecule has 3 aromatic rings. The molecular formula is C18H18F3N5O. The van der Waals surface area contributed by atoms with E-state index >= 15 is 0 Å². The van der Waals surface area contributed by atoms with E-state index in [0.29, 0.717) is 5.88 Å². The molecule has 0 amide bonds. The molecule has 0 fully saturated rings. The van der Waals surface area contributed by atoms with Gasteiger partial charge in [0.15, 0.2) is 5.82 Å². The predicted octanol–water partition coefficient (Wildman–Crippen LogP) is 3.48. The molecule has 0 atom stereocenters. The molecule has 0 saturated heterocycles. The Bertz CT molecular complexity index is 919. The quantitative estimate of drug-likeness (QED) is 0.545. The maximum absolute atomic E-state index is 12.6. The molecule has 0 aliphatic heterocycles. The number of hydrogen-bond acceptors (Lipinski definition) is 5. The summed E-state index contributed by atoms with van der Waals surface area (Å²) < 4.78 is 44.9. The number of nitrogens with zero attached hydrogens (tertiary/aromatic N) is 4. The monoisotopic (exact) mass is 377 g/mol. The number of aryl methyl sites for hydroxylation is 1. The van der Waals surface area contributed by atoms with Gasteiger partial charge in [-0.05, 0) is 30.7 Å². The Morgan fingerprint density at radius 2 is 1.96 bits per heavy atom. The second kappa shape index (κ2) is 7.28. The minimum Gasteiger partial charge on any atom is -0.472 e. The summed E-state index contributed by atoms with van der Waals surface area (Å²) in [5.74, 6) is 6.43. The van der Waals surface area contributed by atoms with Gasteiger partial charge < -0.3 is 9.75 Å². The average molecular weight is 377 g/mol. The summed E-state index contributed by atoms with van der Waals surface area (Å²) >= 11 is 0. The molecule has 0 bridgehead atoms. The van der Waals surface area contributed by atoms with E-state index in [1.165, 1.54) is 15.8 Å². The molecule has 9 heteroatoms. The molecule has 142 valence electrons. The molecule has 0 aliphatic carbocycles. The van der Waals surface area contributed by atoms with Crippen molar-refractivity contribution in [2.24, 2.45) is 5.84 Å². The molecule has 2 aromatic heterocycles. The Morgan fingerprint density at radius 3 is 2.59 bits per heavy atom. The molecule has 0 radical (unpaired) electrons. The zero-order chi connectivity index (χ0) is 19.6. The number of aromatic nitrogens is 3. The molecule has 0 spiro atoms. The van der Waals surface area contributed by atoms with Gasteiger partial charge in [0.2, 0.25) is 5.88 Å². The van der Waals surface area contributed by atoms with E-state index in [2.05, 4.69) is 10.1 Å². The maximum atomic E-state index is 12.6. The highest BCUT2D eigenvalue weighted by Crippen LogP contribution is 2.29. The minimum absolute atomic E-state index is 0.251. The van der Waals surface area contributed by atoms with Gasteiger partial charge in [0.1, 0.15) is 6.61 Å². The highest BCUT2D eigenvalue weighted by atomic mass is 19.4. The number of benzene rings is 1. The van der Waals surface area contributed by atoms with Crippen molar-refractivity contribution in [2.75, 3.05) is 12.1 Å². The number of ether oxygens (including phenoxy) is 1. The molecule has 2 N–H and O–H groups in total. The van der Waals surface area contributed by atoms with Crippen LogP contribution in [0.1, 0.15) is 16.7 Å². The van der Waals surface area contributed by atoms with E-state index in [9.17, 15) is 13.2 Å². The topological polar surface area (TPSA) is 69.2 Å². The lowest BCUT2D eigenvalue weighted by Crippen LogP contribution is -2.26. The van der Waals surface area contributed by atoms with Crippen molar-refractivity contribution in [1.82, 2.24) is 14.8 Å². The van der Waals surface area contributed by atoms with Crippen molar-refractivity contribution in [3.05, 3.63) is 65.5 Å². The van der Waals surface area contributed by atoms with E-state index in [-0.39, 0.29) is 12.4 Å². The molecule has 0 saturated carbocycles.